The molecule has 9 heteroatoms. The molecule has 1 aliphatic heterocycles. The average Bonchev–Trinajstić information content (AvgIpc) is 3.48. The van der Waals surface area contributed by atoms with Crippen molar-refractivity contribution in [3.8, 4) is 6.07 Å². The highest BCUT2D eigenvalue weighted by atomic mass is 35.5. The van der Waals surface area contributed by atoms with Crippen molar-refractivity contribution in [2.75, 3.05) is 32.7 Å². The monoisotopic (exact) mass is 410 g/mol. The van der Waals surface area contributed by atoms with Gasteiger partial charge < -0.3 is 5.32 Å². The quantitative estimate of drug-likeness (QED) is 0.766. The topological polar surface area (TPSA) is 93.5 Å². The normalized spacial score (nSPS) is 21.2. The molecular formula is C18H23ClN4O3S. The van der Waals surface area contributed by atoms with E-state index in [1.807, 2.05) is 4.90 Å². The molecule has 1 saturated heterocycles. The van der Waals surface area contributed by atoms with Gasteiger partial charge >= 0.3 is 0 Å². The summed E-state index contributed by atoms with van der Waals surface area (Å²) in [4.78, 5) is 14.3. The Bertz CT molecular complexity index is 858. The number of nitriles is 1. The third-order valence-corrected chi connectivity index (χ3v) is 7.58. The molecule has 1 N–H and O–H groups in total. The lowest BCUT2D eigenvalue weighted by atomic mass is 9.98. The lowest BCUT2D eigenvalue weighted by molar-refractivity contribution is -0.123. The van der Waals surface area contributed by atoms with Crippen LogP contribution in [0.1, 0.15) is 19.8 Å². The molecule has 0 aromatic heterocycles. The van der Waals surface area contributed by atoms with Gasteiger partial charge in [-0.25, -0.2) is 8.42 Å². The van der Waals surface area contributed by atoms with E-state index in [9.17, 15) is 18.5 Å². The van der Waals surface area contributed by atoms with Gasteiger partial charge in [0.1, 0.15) is 10.4 Å². The smallest absolute Gasteiger partial charge is 0.244 e. The molecule has 1 atom stereocenters. The van der Waals surface area contributed by atoms with Crippen molar-refractivity contribution in [1.82, 2.24) is 14.5 Å². The molecule has 0 radical (unpaired) electrons. The molecular weight excluding hydrogens is 388 g/mol. The number of rotatable bonds is 6. The Hall–Kier alpha value is -1.66. The highest BCUT2D eigenvalue weighted by Crippen LogP contribution is 2.39. The summed E-state index contributed by atoms with van der Waals surface area (Å²) in [6.45, 7) is 3.40. The first-order chi connectivity index (χ1) is 12.8. The third kappa shape index (κ3) is 4.43. The van der Waals surface area contributed by atoms with Crippen LogP contribution in [0.25, 0.3) is 0 Å². The van der Waals surface area contributed by atoms with Gasteiger partial charge in [-0.3, -0.25) is 9.69 Å². The first-order valence-corrected chi connectivity index (χ1v) is 10.8. The number of piperazine rings is 1. The maximum atomic E-state index is 12.8. The van der Waals surface area contributed by atoms with Crippen LogP contribution in [0.3, 0.4) is 0 Å². The number of carbonyl (C=O) groups excluding carboxylic acids is 1. The first-order valence-electron chi connectivity index (χ1n) is 8.95. The predicted molar refractivity (Wildman–Crippen MR) is 102 cm³/mol. The van der Waals surface area contributed by atoms with E-state index in [4.69, 9.17) is 11.6 Å². The average molecular weight is 411 g/mol. The Balaban J connectivity index is 1.55. The van der Waals surface area contributed by atoms with Crippen LogP contribution < -0.4 is 5.32 Å². The second-order valence-electron chi connectivity index (χ2n) is 7.25. The van der Waals surface area contributed by atoms with Crippen molar-refractivity contribution in [1.29, 1.82) is 5.26 Å². The highest BCUT2D eigenvalue weighted by Gasteiger charge is 2.43. The van der Waals surface area contributed by atoms with Gasteiger partial charge in [-0.15, -0.1) is 0 Å². The lowest BCUT2D eigenvalue weighted by Crippen LogP contribution is -2.54. The maximum Gasteiger partial charge on any atom is 0.244 e. The summed E-state index contributed by atoms with van der Waals surface area (Å²) in [6.07, 6.45) is 1.92. The summed E-state index contributed by atoms with van der Waals surface area (Å²) in [5, 5.41) is 12.4. The Morgan fingerprint density at radius 2 is 1.93 bits per heavy atom. The van der Waals surface area contributed by atoms with Crippen molar-refractivity contribution < 1.29 is 13.2 Å². The second kappa shape index (κ2) is 7.76. The van der Waals surface area contributed by atoms with Crippen LogP contribution in [-0.4, -0.2) is 61.8 Å². The minimum atomic E-state index is -3.65. The summed E-state index contributed by atoms with van der Waals surface area (Å²) >= 11 is 6.04. The van der Waals surface area contributed by atoms with E-state index in [1.165, 1.54) is 10.4 Å². The number of hydrogen-bond donors (Lipinski definition) is 1. The summed E-state index contributed by atoms with van der Waals surface area (Å²) in [5.41, 5.74) is -0.813. The van der Waals surface area contributed by atoms with Gasteiger partial charge in [0.25, 0.3) is 0 Å². The SMILES string of the molecule is C[C@](C#N)(NC(=O)CN1CCN(S(=O)(=O)c2ccccc2Cl)CC1)C1CC1. The molecule has 1 aliphatic carbocycles. The van der Waals surface area contributed by atoms with Crippen LogP contribution in [0.5, 0.6) is 0 Å². The molecule has 1 amide bonds. The van der Waals surface area contributed by atoms with Gasteiger partial charge in [0.2, 0.25) is 15.9 Å². The van der Waals surface area contributed by atoms with Crippen LogP contribution >= 0.6 is 11.6 Å². The zero-order valence-corrected chi connectivity index (χ0v) is 16.8. The molecule has 2 aliphatic rings. The standard InChI is InChI=1S/C18H23ClN4O3S/c1-18(13-20,14-6-7-14)21-17(24)12-22-8-10-23(11-9-22)27(25,26)16-5-3-2-4-15(16)19/h2-5,14H,6-12H2,1H3,(H,21,24)/t18-/m1/s1. The molecule has 2 fully saturated rings. The number of nitrogens with one attached hydrogen (secondary N) is 1. The first kappa shape index (κ1) is 20.1. The summed E-state index contributed by atoms with van der Waals surface area (Å²) in [6, 6.07) is 8.60. The van der Waals surface area contributed by atoms with Crippen molar-refractivity contribution in [3.05, 3.63) is 29.3 Å². The van der Waals surface area contributed by atoms with Gasteiger partial charge in [-0.05, 0) is 37.8 Å². The third-order valence-electron chi connectivity index (χ3n) is 5.18. The fraction of sp³-hybridized carbons (Fsp3) is 0.556. The summed E-state index contributed by atoms with van der Waals surface area (Å²) in [7, 11) is -3.65. The maximum absolute atomic E-state index is 12.8. The van der Waals surface area contributed by atoms with E-state index in [1.54, 1.807) is 25.1 Å². The fourth-order valence-electron chi connectivity index (χ4n) is 3.34. The second-order valence-corrected chi connectivity index (χ2v) is 9.56. The van der Waals surface area contributed by atoms with Crippen LogP contribution in [0.15, 0.2) is 29.2 Å². The van der Waals surface area contributed by atoms with E-state index >= 15 is 0 Å². The largest absolute Gasteiger partial charge is 0.337 e. The van der Waals surface area contributed by atoms with Crippen LogP contribution in [0.2, 0.25) is 5.02 Å². The van der Waals surface area contributed by atoms with Crippen molar-refractivity contribution >= 4 is 27.5 Å². The minimum absolute atomic E-state index is 0.104. The summed E-state index contributed by atoms with van der Waals surface area (Å²) < 4.78 is 26.9. The molecule has 1 saturated carbocycles. The van der Waals surface area contributed by atoms with Crippen molar-refractivity contribution in [3.63, 3.8) is 0 Å². The molecule has 1 aromatic carbocycles. The summed E-state index contributed by atoms with van der Waals surface area (Å²) in [5.74, 6) is 0.0254. The zero-order chi connectivity index (χ0) is 19.7. The van der Waals surface area contributed by atoms with E-state index in [0.29, 0.717) is 26.2 Å². The van der Waals surface area contributed by atoms with E-state index in [2.05, 4.69) is 11.4 Å². The Labute approximate surface area is 164 Å². The van der Waals surface area contributed by atoms with Crippen molar-refractivity contribution in [2.24, 2.45) is 5.92 Å². The minimum Gasteiger partial charge on any atom is -0.337 e. The van der Waals surface area contributed by atoms with Gasteiger partial charge in [0.15, 0.2) is 0 Å². The molecule has 0 unspecified atom stereocenters. The van der Waals surface area contributed by atoms with Gasteiger partial charge in [0, 0.05) is 26.2 Å². The number of carbonyl (C=O) groups is 1. The number of sulfonamides is 1. The molecule has 0 spiro atoms. The van der Waals surface area contributed by atoms with Gasteiger partial charge in [-0.1, -0.05) is 23.7 Å². The van der Waals surface area contributed by atoms with E-state index in [-0.39, 0.29) is 28.3 Å². The number of halogens is 1. The van der Waals surface area contributed by atoms with E-state index < -0.39 is 15.6 Å². The molecule has 146 valence electrons. The van der Waals surface area contributed by atoms with Crippen molar-refractivity contribution in [2.45, 2.75) is 30.2 Å². The highest BCUT2D eigenvalue weighted by molar-refractivity contribution is 7.89. The molecule has 1 aromatic rings. The Morgan fingerprint density at radius 3 is 2.48 bits per heavy atom. The van der Waals surface area contributed by atoms with Gasteiger partial charge in [0.05, 0.1) is 17.6 Å². The van der Waals surface area contributed by atoms with E-state index in [0.717, 1.165) is 12.8 Å². The van der Waals surface area contributed by atoms with Crippen LogP contribution in [0.4, 0.5) is 0 Å². The van der Waals surface area contributed by atoms with Crippen LogP contribution in [-0.2, 0) is 14.8 Å². The van der Waals surface area contributed by atoms with Crippen LogP contribution in [0, 0.1) is 17.2 Å². The molecule has 3 rings (SSSR count). The Morgan fingerprint density at radius 1 is 1.30 bits per heavy atom. The number of amides is 1. The number of nitrogens with zero attached hydrogens (tertiary/aromatic N) is 3. The fourth-order valence-corrected chi connectivity index (χ4v) is 5.25. The Kier molecular flexibility index (Phi) is 5.77. The molecule has 27 heavy (non-hydrogen) atoms. The molecule has 1 heterocycles. The molecule has 0 bridgehead atoms. The van der Waals surface area contributed by atoms with Gasteiger partial charge in [-0.2, -0.15) is 9.57 Å². The lowest BCUT2D eigenvalue weighted by Gasteiger charge is -2.34. The zero-order valence-electron chi connectivity index (χ0n) is 15.2. The number of hydrogen-bond acceptors (Lipinski definition) is 5. The number of benzene rings is 1. The predicted octanol–water partition coefficient (Wildman–Crippen LogP) is 1.45. The molecule has 7 nitrogen and oxygen atoms in total.